The Kier molecular flexibility index (Phi) is 3.38. The summed E-state index contributed by atoms with van der Waals surface area (Å²) in [6.45, 7) is 0. The molecule has 0 saturated heterocycles. The van der Waals surface area contributed by atoms with Crippen molar-refractivity contribution >= 4 is 11.6 Å². The third-order valence-electron chi connectivity index (χ3n) is 1.98. The molecule has 1 rings (SSSR count). The van der Waals surface area contributed by atoms with Gasteiger partial charge in [0.25, 0.3) is 5.69 Å². The summed E-state index contributed by atoms with van der Waals surface area (Å²) < 4.78 is 0. The van der Waals surface area contributed by atoms with Crippen molar-refractivity contribution in [1.82, 2.24) is 4.90 Å². The Morgan fingerprint density at radius 2 is 2.13 bits per heavy atom. The number of hydrogen-bond donors (Lipinski definition) is 0. The molecular weight excluding hydrogens is 196 g/mol. The van der Waals surface area contributed by atoms with E-state index in [-0.39, 0.29) is 18.0 Å². The van der Waals surface area contributed by atoms with Crippen LogP contribution in [0.3, 0.4) is 0 Å². The molecule has 5 heteroatoms. The van der Waals surface area contributed by atoms with Crippen LogP contribution in [0.5, 0.6) is 0 Å². The van der Waals surface area contributed by atoms with Gasteiger partial charge in [0.1, 0.15) is 0 Å². The highest BCUT2D eigenvalue weighted by molar-refractivity contribution is 5.78. The summed E-state index contributed by atoms with van der Waals surface area (Å²) in [5, 5.41) is 10.5. The second-order valence-electron chi connectivity index (χ2n) is 3.39. The zero-order valence-corrected chi connectivity index (χ0v) is 8.64. The van der Waals surface area contributed by atoms with Crippen molar-refractivity contribution in [3.05, 3.63) is 39.9 Å². The highest BCUT2D eigenvalue weighted by Gasteiger charge is 2.09. The molecule has 0 saturated carbocycles. The SMILES string of the molecule is CN(C)C(=O)Cc1cccc([N+](=O)[O-])c1. The van der Waals surface area contributed by atoms with E-state index in [1.54, 1.807) is 26.2 Å². The molecule has 0 heterocycles. The van der Waals surface area contributed by atoms with Gasteiger partial charge in [0.2, 0.25) is 5.91 Å². The molecule has 0 fully saturated rings. The number of amides is 1. The van der Waals surface area contributed by atoms with E-state index in [0.717, 1.165) is 0 Å². The molecule has 1 aromatic carbocycles. The number of non-ortho nitro benzene ring substituents is 1. The predicted molar refractivity (Wildman–Crippen MR) is 55.5 cm³/mol. The van der Waals surface area contributed by atoms with Crippen LogP contribution in [-0.4, -0.2) is 29.8 Å². The van der Waals surface area contributed by atoms with Gasteiger partial charge in [-0.25, -0.2) is 0 Å². The Morgan fingerprint density at radius 3 is 2.67 bits per heavy atom. The molecule has 0 aliphatic rings. The Bertz CT molecular complexity index is 388. The van der Waals surface area contributed by atoms with Crippen molar-refractivity contribution in [2.75, 3.05) is 14.1 Å². The lowest BCUT2D eigenvalue weighted by Gasteiger charge is -2.09. The van der Waals surface area contributed by atoms with Gasteiger partial charge in [-0.3, -0.25) is 14.9 Å². The third-order valence-corrected chi connectivity index (χ3v) is 1.98. The molecule has 0 aliphatic heterocycles. The molecular formula is C10H12N2O3. The van der Waals surface area contributed by atoms with Crippen molar-refractivity contribution < 1.29 is 9.72 Å². The lowest BCUT2D eigenvalue weighted by atomic mass is 10.1. The molecule has 15 heavy (non-hydrogen) atoms. The first-order chi connectivity index (χ1) is 7.00. The van der Waals surface area contributed by atoms with Gasteiger partial charge in [-0.1, -0.05) is 12.1 Å². The maximum absolute atomic E-state index is 11.3. The average Bonchev–Trinajstić information content (AvgIpc) is 2.18. The van der Waals surface area contributed by atoms with Gasteiger partial charge in [-0.15, -0.1) is 0 Å². The third kappa shape index (κ3) is 3.05. The first-order valence-electron chi connectivity index (χ1n) is 4.44. The van der Waals surface area contributed by atoms with Crippen LogP contribution in [0, 0.1) is 10.1 Å². The summed E-state index contributed by atoms with van der Waals surface area (Å²) in [6.07, 6.45) is 0.189. The molecule has 1 amide bonds. The minimum atomic E-state index is -0.469. The van der Waals surface area contributed by atoms with Gasteiger partial charge in [0.05, 0.1) is 11.3 Å². The zero-order chi connectivity index (χ0) is 11.4. The van der Waals surface area contributed by atoms with E-state index in [0.29, 0.717) is 5.56 Å². The van der Waals surface area contributed by atoms with Crippen molar-refractivity contribution in [3.8, 4) is 0 Å². The minimum absolute atomic E-state index is 0.0130. The Hall–Kier alpha value is -1.91. The molecule has 0 aromatic heterocycles. The van der Waals surface area contributed by atoms with Gasteiger partial charge in [0.15, 0.2) is 0 Å². The fraction of sp³-hybridized carbons (Fsp3) is 0.300. The number of carbonyl (C=O) groups excluding carboxylic acids is 1. The number of nitro groups is 1. The number of rotatable bonds is 3. The van der Waals surface area contributed by atoms with Crippen LogP contribution in [0.15, 0.2) is 24.3 Å². The van der Waals surface area contributed by atoms with Crippen LogP contribution in [-0.2, 0) is 11.2 Å². The maximum Gasteiger partial charge on any atom is 0.269 e. The zero-order valence-electron chi connectivity index (χ0n) is 8.64. The molecule has 5 nitrogen and oxygen atoms in total. The van der Waals surface area contributed by atoms with Crippen LogP contribution < -0.4 is 0 Å². The average molecular weight is 208 g/mol. The van der Waals surface area contributed by atoms with Crippen LogP contribution >= 0.6 is 0 Å². The summed E-state index contributed by atoms with van der Waals surface area (Å²) >= 11 is 0. The van der Waals surface area contributed by atoms with Gasteiger partial charge in [-0.2, -0.15) is 0 Å². The normalized spacial score (nSPS) is 9.73. The lowest BCUT2D eigenvalue weighted by molar-refractivity contribution is -0.384. The Balaban J connectivity index is 2.83. The number of carbonyl (C=O) groups is 1. The predicted octanol–water partition coefficient (Wildman–Crippen LogP) is 1.23. The van der Waals surface area contributed by atoms with Crippen molar-refractivity contribution in [2.45, 2.75) is 6.42 Å². The fourth-order valence-electron chi connectivity index (χ4n) is 1.11. The molecule has 80 valence electrons. The Morgan fingerprint density at radius 1 is 1.47 bits per heavy atom. The number of likely N-dealkylation sites (N-methyl/N-ethyl adjacent to an activating group) is 1. The molecule has 0 aliphatic carbocycles. The molecule has 0 radical (unpaired) electrons. The highest BCUT2D eigenvalue weighted by atomic mass is 16.6. The quantitative estimate of drug-likeness (QED) is 0.554. The summed E-state index contributed by atoms with van der Waals surface area (Å²) in [5.74, 6) is -0.0736. The smallest absolute Gasteiger partial charge is 0.269 e. The van der Waals surface area contributed by atoms with Crippen molar-refractivity contribution in [2.24, 2.45) is 0 Å². The number of hydrogen-bond acceptors (Lipinski definition) is 3. The molecule has 0 N–H and O–H groups in total. The Labute approximate surface area is 87.5 Å². The first-order valence-corrected chi connectivity index (χ1v) is 4.44. The van der Waals surface area contributed by atoms with Gasteiger partial charge in [0, 0.05) is 26.2 Å². The summed E-state index contributed by atoms with van der Waals surface area (Å²) in [7, 11) is 3.30. The summed E-state index contributed by atoms with van der Waals surface area (Å²) in [6, 6.07) is 6.11. The number of nitro benzene ring substituents is 1. The summed E-state index contributed by atoms with van der Waals surface area (Å²) in [5.41, 5.74) is 0.668. The van der Waals surface area contributed by atoms with E-state index in [4.69, 9.17) is 0 Å². The monoisotopic (exact) mass is 208 g/mol. The fourth-order valence-corrected chi connectivity index (χ4v) is 1.11. The van der Waals surface area contributed by atoms with E-state index in [9.17, 15) is 14.9 Å². The lowest BCUT2D eigenvalue weighted by Crippen LogP contribution is -2.23. The minimum Gasteiger partial charge on any atom is -0.349 e. The van der Waals surface area contributed by atoms with Crippen molar-refractivity contribution in [3.63, 3.8) is 0 Å². The molecule has 0 unspecified atom stereocenters. The van der Waals surface area contributed by atoms with E-state index in [1.165, 1.54) is 17.0 Å². The highest BCUT2D eigenvalue weighted by Crippen LogP contribution is 2.13. The molecule has 0 bridgehead atoms. The number of benzene rings is 1. The van der Waals surface area contributed by atoms with Gasteiger partial charge in [-0.05, 0) is 5.56 Å². The molecule has 0 atom stereocenters. The summed E-state index contributed by atoms with van der Waals surface area (Å²) in [4.78, 5) is 22.8. The molecule has 0 spiro atoms. The van der Waals surface area contributed by atoms with E-state index >= 15 is 0 Å². The van der Waals surface area contributed by atoms with Crippen LogP contribution in [0.4, 0.5) is 5.69 Å². The first kappa shape index (κ1) is 11.2. The van der Waals surface area contributed by atoms with Crippen molar-refractivity contribution in [1.29, 1.82) is 0 Å². The van der Waals surface area contributed by atoms with E-state index < -0.39 is 4.92 Å². The van der Waals surface area contributed by atoms with E-state index in [2.05, 4.69) is 0 Å². The maximum atomic E-state index is 11.3. The second-order valence-corrected chi connectivity index (χ2v) is 3.39. The largest absolute Gasteiger partial charge is 0.349 e. The van der Waals surface area contributed by atoms with Crippen LogP contribution in [0.2, 0.25) is 0 Å². The topological polar surface area (TPSA) is 63.5 Å². The molecule has 1 aromatic rings. The van der Waals surface area contributed by atoms with E-state index in [1.807, 2.05) is 0 Å². The number of nitrogens with zero attached hydrogens (tertiary/aromatic N) is 2. The second kappa shape index (κ2) is 4.54. The van der Waals surface area contributed by atoms with Gasteiger partial charge >= 0.3 is 0 Å². The van der Waals surface area contributed by atoms with Gasteiger partial charge < -0.3 is 4.90 Å². The van der Waals surface area contributed by atoms with Crippen LogP contribution in [0.25, 0.3) is 0 Å². The van der Waals surface area contributed by atoms with Crippen LogP contribution in [0.1, 0.15) is 5.56 Å². The standard InChI is InChI=1S/C10H12N2O3/c1-11(2)10(13)7-8-4-3-5-9(6-8)12(14)15/h3-6H,7H2,1-2H3.